The minimum absolute atomic E-state index is 0.000307. The molecule has 0 saturated heterocycles. The van der Waals surface area contributed by atoms with Crippen LogP contribution in [0.15, 0.2) is 123 Å². The van der Waals surface area contributed by atoms with E-state index in [2.05, 4.69) is 24.9 Å². The van der Waals surface area contributed by atoms with Crippen LogP contribution in [-0.4, -0.2) is 86.3 Å². The van der Waals surface area contributed by atoms with Gasteiger partial charge in [-0.15, -0.1) is 0 Å². The normalized spacial score (nSPS) is 12.3. The van der Waals surface area contributed by atoms with Gasteiger partial charge in [0.05, 0.1) is 27.8 Å². The van der Waals surface area contributed by atoms with Crippen molar-refractivity contribution in [1.82, 2.24) is 24.9 Å². The number of hydrogen-bond acceptors (Lipinski definition) is 15. The smallest absolute Gasteiger partial charge is 0.340 e. The summed E-state index contributed by atoms with van der Waals surface area (Å²) in [6.07, 6.45) is 8.34. The summed E-state index contributed by atoms with van der Waals surface area (Å²) >= 11 is 0. The third kappa shape index (κ3) is 9.57. The monoisotopic (exact) mass is 677 g/mol. The fourth-order valence-electron chi connectivity index (χ4n) is 4.29. The quantitative estimate of drug-likeness (QED) is 0.122. The highest BCUT2D eigenvalue weighted by molar-refractivity contribution is 5.91. The van der Waals surface area contributed by atoms with Crippen LogP contribution >= 0.6 is 0 Å². The summed E-state index contributed by atoms with van der Waals surface area (Å²) in [6, 6.07) is 14.6. The molecule has 0 aliphatic rings. The zero-order valence-electron chi connectivity index (χ0n) is 26.0. The van der Waals surface area contributed by atoms with Crippen LogP contribution in [0.3, 0.4) is 0 Å². The minimum Gasteiger partial charge on any atom is -0.458 e. The van der Waals surface area contributed by atoms with Crippen LogP contribution in [0.1, 0.15) is 51.8 Å². The van der Waals surface area contributed by atoms with Crippen molar-refractivity contribution in [2.45, 2.75) is 18.3 Å². The van der Waals surface area contributed by atoms with E-state index in [0.717, 1.165) is 0 Å². The molecule has 3 atom stereocenters. The van der Waals surface area contributed by atoms with E-state index in [1.807, 2.05) is 0 Å². The average molecular weight is 678 g/mol. The highest BCUT2D eigenvalue weighted by atomic mass is 16.6. The molecule has 50 heavy (non-hydrogen) atoms. The van der Waals surface area contributed by atoms with Crippen LogP contribution in [0, 0.1) is 0 Å². The molecule has 0 radical (unpaired) electrons. The third-order valence-corrected chi connectivity index (χ3v) is 6.74. The SMILES string of the molecule is O=C(OC[C@H](OC(=O)c1cccnc1)C(OC(=O)c1cccnc1)[C@@H](COC(=O)c1cccnc1)OC(=O)c1cccnc1)c1cccnc1. The summed E-state index contributed by atoms with van der Waals surface area (Å²) < 4.78 is 28.3. The van der Waals surface area contributed by atoms with Crippen LogP contribution in [0.2, 0.25) is 0 Å². The van der Waals surface area contributed by atoms with E-state index in [0.29, 0.717) is 0 Å². The first-order valence-corrected chi connectivity index (χ1v) is 14.9. The van der Waals surface area contributed by atoms with Crippen LogP contribution in [-0.2, 0) is 23.7 Å². The highest BCUT2D eigenvalue weighted by Crippen LogP contribution is 2.21. The summed E-state index contributed by atoms with van der Waals surface area (Å²) in [5.41, 5.74) is 0.116. The van der Waals surface area contributed by atoms with E-state index >= 15 is 0 Å². The van der Waals surface area contributed by atoms with Gasteiger partial charge in [0.15, 0.2) is 18.3 Å². The topological polar surface area (TPSA) is 196 Å². The van der Waals surface area contributed by atoms with Gasteiger partial charge in [-0.1, -0.05) is 0 Å². The lowest BCUT2D eigenvalue weighted by atomic mass is 10.1. The molecule has 0 N–H and O–H groups in total. The summed E-state index contributed by atoms with van der Waals surface area (Å²) in [4.78, 5) is 85.8. The number of pyridine rings is 5. The Kier molecular flexibility index (Phi) is 11.9. The molecule has 0 aliphatic heterocycles. The highest BCUT2D eigenvalue weighted by Gasteiger charge is 2.41. The molecule has 1 unspecified atom stereocenters. The van der Waals surface area contributed by atoms with Crippen LogP contribution in [0.5, 0.6) is 0 Å². The van der Waals surface area contributed by atoms with Crippen LogP contribution in [0.25, 0.3) is 0 Å². The first kappa shape index (κ1) is 34.4. The standard InChI is InChI=1S/C35H27N5O10/c41-31(23-6-1-11-36-16-23)46-21-28(48-33(43)25-8-3-13-38-18-25)30(50-35(45)27-10-5-15-40-20-27)29(49-34(44)26-9-4-14-39-19-26)22-47-32(42)24-7-2-12-37-17-24/h1-20,28-30H,21-22H2/t28-,29+,30?. The van der Waals surface area contributed by atoms with E-state index in [4.69, 9.17) is 23.7 Å². The summed E-state index contributed by atoms with van der Waals surface area (Å²) in [5, 5.41) is 0. The Hall–Kier alpha value is -6.90. The fourth-order valence-corrected chi connectivity index (χ4v) is 4.29. The summed E-state index contributed by atoms with van der Waals surface area (Å²) in [6.45, 7) is -1.44. The molecule has 0 aliphatic carbocycles. The molecular weight excluding hydrogens is 650 g/mol. The predicted molar refractivity (Wildman–Crippen MR) is 169 cm³/mol. The van der Waals surface area contributed by atoms with Crippen molar-refractivity contribution < 1.29 is 47.7 Å². The molecule has 5 aromatic rings. The number of esters is 5. The number of ether oxygens (including phenoxy) is 5. The van der Waals surface area contributed by atoms with Crippen molar-refractivity contribution in [3.63, 3.8) is 0 Å². The maximum atomic E-state index is 13.5. The maximum Gasteiger partial charge on any atom is 0.340 e. The van der Waals surface area contributed by atoms with Gasteiger partial charge in [-0.05, 0) is 60.7 Å². The van der Waals surface area contributed by atoms with Gasteiger partial charge in [0.25, 0.3) is 0 Å². The van der Waals surface area contributed by atoms with Gasteiger partial charge in [-0.25, -0.2) is 24.0 Å². The number of rotatable bonds is 14. The predicted octanol–water partition coefficient (Wildman–Crippen LogP) is 3.35. The van der Waals surface area contributed by atoms with Crippen molar-refractivity contribution in [2.75, 3.05) is 13.2 Å². The number of hydrogen-bond donors (Lipinski definition) is 0. The van der Waals surface area contributed by atoms with E-state index in [1.54, 1.807) is 0 Å². The lowest BCUT2D eigenvalue weighted by Gasteiger charge is -2.32. The van der Waals surface area contributed by atoms with E-state index in [-0.39, 0.29) is 27.8 Å². The number of carbonyl (C=O) groups excluding carboxylic acids is 5. The van der Waals surface area contributed by atoms with Gasteiger partial charge in [0.1, 0.15) is 13.2 Å². The molecule has 0 spiro atoms. The van der Waals surface area contributed by atoms with Gasteiger partial charge in [0, 0.05) is 62.0 Å². The molecular formula is C35H27N5O10. The summed E-state index contributed by atoms with van der Waals surface area (Å²) in [7, 11) is 0. The Morgan fingerprint density at radius 3 is 0.980 bits per heavy atom. The molecule has 0 aromatic carbocycles. The second-order valence-electron chi connectivity index (χ2n) is 10.2. The third-order valence-electron chi connectivity index (χ3n) is 6.74. The summed E-state index contributed by atoms with van der Waals surface area (Å²) in [5.74, 6) is -4.60. The zero-order valence-corrected chi connectivity index (χ0v) is 26.0. The molecule has 252 valence electrons. The van der Waals surface area contributed by atoms with E-state index in [1.165, 1.54) is 123 Å². The van der Waals surface area contributed by atoms with Crippen molar-refractivity contribution >= 4 is 29.8 Å². The Balaban J connectivity index is 1.53. The molecule has 15 nitrogen and oxygen atoms in total. The maximum absolute atomic E-state index is 13.5. The second-order valence-corrected chi connectivity index (χ2v) is 10.2. The Morgan fingerprint density at radius 1 is 0.420 bits per heavy atom. The lowest BCUT2D eigenvalue weighted by molar-refractivity contribution is -0.112. The van der Waals surface area contributed by atoms with Crippen molar-refractivity contribution in [3.8, 4) is 0 Å². The average Bonchev–Trinajstić information content (AvgIpc) is 3.18. The Morgan fingerprint density at radius 2 is 0.700 bits per heavy atom. The van der Waals surface area contributed by atoms with Gasteiger partial charge in [0.2, 0.25) is 0 Å². The van der Waals surface area contributed by atoms with Crippen molar-refractivity contribution in [1.29, 1.82) is 0 Å². The first-order valence-electron chi connectivity index (χ1n) is 14.9. The van der Waals surface area contributed by atoms with Crippen LogP contribution < -0.4 is 0 Å². The Labute approximate surface area is 284 Å². The van der Waals surface area contributed by atoms with Crippen molar-refractivity contribution in [2.24, 2.45) is 0 Å². The minimum atomic E-state index is -1.76. The van der Waals surface area contributed by atoms with E-state index in [9.17, 15) is 24.0 Å². The van der Waals surface area contributed by atoms with Crippen LogP contribution in [0.4, 0.5) is 0 Å². The molecule has 0 bridgehead atoms. The van der Waals surface area contributed by atoms with Gasteiger partial charge in [-0.3, -0.25) is 24.9 Å². The van der Waals surface area contributed by atoms with Gasteiger partial charge < -0.3 is 23.7 Å². The van der Waals surface area contributed by atoms with Gasteiger partial charge >= 0.3 is 29.8 Å². The number of aromatic nitrogens is 5. The molecule has 5 rings (SSSR count). The zero-order chi connectivity index (χ0) is 35.1. The Bertz CT molecular complexity index is 1770. The lowest BCUT2D eigenvalue weighted by Crippen LogP contribution is -2.50. The number of carbonyl (C=O) groups is 5. The fraction of sp³-hybridized carbons (Fsp3) is 0.143. The van der Waals surface area contributed by atoms with E-state index < -0.39 is 61.4 Å². The van der Waals surface area contributed by atoms with Gasteiger partial charge in [-0.2, -0.15) is 0 Å². The molecule has 0 fully saturated rings. The molecule has 0 amide bonds. The molecule has 5 aromatic heterocycles. The number of nitrogens with zero attached hydrogens (tertiary/aromatic N) is 5. The largest absolute Gasteiger partial charge is 0.458 e. The van der Waals surface area contributed by atoms with Crippen molar-refractivity contribution in [3.05, 3.63) is 150 Å². The molecule has 15 heteroatoms. The molecule has 0 saturated carbocycles. The molecule has 5 heterocycles. The first-order chi connectivity index (χ1) is 24.4. The second kappa shape index (κ2) is 17.3.